The van der Waals surface area contributed by atoms with Crippen molar-refractivity contribution in [2.75, 3.05) is 32.8 Å². The van der Waals surface area contributed by atoms with Gasteiger partial charge in [0.15, 0.2) is 0 Å². The summed E-state index contributed by atoms with van der Waals surface area (Å²) in [7, 11) is 0. The van der Waals surface area contributed by atoms with Gasteiger partial charge in [0.25, 0.3) is 0 Å². The lowest BCUT2D eigenvalue weighted by Crippen LogP contribution is -2.48. The molecular weight excluding hydrogens is 268 g/mol. The van der Waals surface area contributed by atoms with E-state index in [4.69, 9.17) is 9.47 Å². The van der Waals surface area contributed by atoms with Crippen molar-refractivity contribution < 1.29 is 14.3 Å². The molecule has 0 spiro atoms. The molecule has 124 valence electrons. The Kier molecular flexibility index (Phi) is 8.22. The average molecular weight is 300 g/mol. The van der Waals surface area contributed by atoms with E-state index < -0.39 is 0 Å². The third-order valence-electron chi connectivity index (χ3n) is 3.65. The predicted octanol–water partition coefficient (Wildman–Crippen LogP) is 1.66. The molecule has 0 aliphatic carbocycles. The maximum atomic E-state index is 11.9. The molecule has 1 aliphatic heterocycles. The van der Waals surface area contributed by atoms with Crippen molar-refractivity contribution in [3.8, 4) is 0 Å². The van der Waals surface area contributed by atoms with Crippen molar-refractivity contribution in [1.82, 2.24) is 10.2 Å². The summed E-state index contributed by atoms with van der Waals surface area (Å²) in [5, 5.41) is 2.95. The van der Waals surface area contributed by atoms with Crippen LogP contribution in [0.3, 0.4) is 0 Å². The Morgan fingerprint density at radius 3 is 2.48 bits per heavy atom. The van der Waals surface area contributed by atoms with Crippen LogP contribution in [0.5, 0.6) is 0 Å². The summed E-state index contributed by atoms with van der Waals surface area (Å²) in [6.07, 6.45) is 1.15. The maximum Gasteiger partial charge on any atom is 0.248 e. The summed E-state index contributed by atoms with van der Waals surface area (Å²) in [6.45, 7) is 14.3. The van der Waals surface area contributed by atoms with Crippen LogP contribution in [0.2, 0.25) is 0 Å². The molecule has 0 saturated carbocycles. The van der Waals surface area contributed by atoms with Crippen molar-refractivity contribution in [2.24, 2.45) is 5.92 Å². The second-order valence-corrected chi connectivity index (χ2v) is 6.50. The minimum absolute atomic E-state index is 0.0203. The van der Waals surface area contributed by atoms with Gasteiger partial charge in [-0.2, -0.15) is 0 Å². The first kappa shape index (κ1) is 18.4. The van der Waals surface area contributed by atoms with Crippen LogP contribution in [0.25, 0.3) is 0 Å². The van der Waals surface area contributed by atoms with E-state index in [0.29, 0.717) is 19.1 Å². The van der Waals surface area contributed by atoms with Crippen LogP contribution in [0.15, 0.2) is 0 Å². The molecule has 1 rings (SSSR count). The Bertz CT molecular complexity index is 300. The number of nitrogens with one attached hydrogen (secondary N) is 1. The molecule has 0 aromatic rings. The Balaban J connectivity index is 2.14. The highest BCUT2D eigenvalue weighted by molar-refractivity contribution is 5.80. The van der Waals surface area contributed by atoms with Crippen molar-refractivity contribution >= 4 is 5.91 Å². The third-order valence-corrected chi connectivity index (χ3v) is 3.65. The van der Waals surface area contributed by atoms with Gasteiger partial charge in [-0.1, -0.05) is 13.8 Å². The monoisotopic (exact) mass is 300 g/mol. The van der Waals surface area contributed by atoms with Crippen molar-refractivity contribution in [2.45, 2.75) is 59.4 Å². The SMILES string of the molecule is CC(C)CCO[C@H](C)C(=O)NCCN1C[C@@H](C)O[C@H](C)C1. The Morgan fingerprint density at radius 1 is 1.29 bits per heavy atom. The number of rotatable bonds is 8. The van der Waals surface area contributed by atoms with Gasteiger partial charge in [0, 0.05) is 32.8 Å². The highest BCUT2D eigenvalue weighted by Gasteiger charge is 2.22. The van der Waals surface area contributed by atoms with Gasteiger partial charge in [0.05, 0.1) is 12.2 Å². The van der Waals surface area contributed by atoms with E-state index in [-0.39, 0.29) is 24.2 Å². The number of carbonyl (C=O) groups excluding carboxylic acids is 1. The molecule has 1 aliphatic rings. The van der Waals surface area contributed by atoms with Crippen LogP contribution in [-0.2, 0) is 14.3 Å². The molecule has 3 atom stereocenters. The topological polar surface area (TPSA) is 50.8 Å². The average Bonchev–Trinajstić information content (AvgIpc) is 2.36. The molecule has 1 saturated heterocycles. The minimum atomic E-state index is -0.369. The van der Waals surface area contributed by atoms with Crippen LogP contribution < -0.4 is 5.32 Å². The molecule has 0 bridgehead atoms. The first-order chi connectivity index (χ1) is 9.88. The first-order valence-electron chi connectivity index (χ1n) is 8.15. The smallest absolute Gasteiger partial charge is 0.248 e. The molecule has 0 aromatic heterocycles. The zero-order valence-electron chi connectivity index (χ0n) is 14.2. The van der Waals surface area contributed by atoms with Crippen LogP contribution >= 0.6 is 0 Å². The van der Waals surface area contributed by atoms with E-state index in [2.05, 4.69) is 37.9 Å². The van der Waals surface area contributed by atoms with Gasteiger partial charge in [0.1, 0.15) is 6.10 Å². The van der Waals surface area contributed by atoms with Crippen molar-refractivity contribution in [3.05, 3.63) is 0 Å². The fourth-order valence-corrected chi connectivity index (χ4v) is 2.50. The molecule has 5 nitrogen and oxygen atoms in total. The maximum absolute atomic E-state index is 11.9. The van der Waals surface area contributed by atoms with Gasteiger partial charge in [-0.3, -0.25) is 9.69 Å². The molecule has 0 aromatic carbocycles. The summed E-state index contributed by atoms with van der Waals surface area (Å²) < 4.78 is 11.2. The molecule has 1 N–H and O–H groups in total. The molecule has 1 heterocycles. The molecule has 0 unspecified atom stereocenters. The Labute approximate surface area is 129 Å². The van der Waals surface area contributed by atoms with Gasteiger partial charge >= 0.3 is 0 Å². The molecule has 0 radical (unpaired) electrons. The normalized spacial score (nSPS) is 25.0. The van der Waals surface area contributed by atoms with Gasteiger partial charge in [-0.25, -0.2) is 0 Å². The quantitative estimate of drug-likeness (QED) is 0.741. The highest BCUT2D eigenvalue weighted by atomic mass is 16.5. The predicted molar refractivity (Wildman–Crippen MR) is 84.3 cm³/mol. The number of nitrogens with zero attached hydrogens (tertiary/aromatic N) is 1. The Morgan fingerprint density at radius 2 is 1.90 bits per heavy atom. The number of amides is 1. The van der Waals surface area contributed by atoms with Gasteiger partial charge in [-0.05, 0) is 33.1 Å². The minimum Gasteiger partial charge on any atom is -0.373 e. The van der Waals surface area contributed by atoms with E-state index in [1.54, 1.807) is 0 Å². The van der Waals surface area contributed by atoms with E-state index in [1.165, 1.54) is 0 Å². The largest absolute Gasteiger partial charge is 0.373 e. The second kappa shape index (κ2) is 9.38. The molecule has 5 heteroatoms. The third kappa shape index (κ3) is 7.79. The highest BCUT2D eigenvalue weighted by Crippen LogP contribution is 2.09. The fourth-order valence-electron chi connectivity index (χ4n) is 2.50. The summed E-state index contributed by atoms with van der Waals surface area (Å²) in [5.41, 5.74) is 0. The van der Waals surface area contributed by atoms with E-state index >= 15 is 0 Å². The lowest BCUT2D eigenvalue weighted by Gasteiger charge is -2.35. The van der Waals surface area contributed by atoms with Crippen LogP contribution in [0.1, 0.15) is 41.0 Å². The summed E-state index contributed by atoms with van der Waals surface area (Å²) in [6, 6.07) is 0. The van der Waals surface area contributed by atoms with E-state index in [1.807, 2.05) is 6.92 Å². The van der Waals surface area contributed by atoms with Gasteiger partial charge in [-0.15, -0.1) is 0 Å². The zero-order valence-corrected chi connectivity index (χ0v) is 14.2. The lowest BCUT2D eigenvalue weighted by atomic mass is 10.1. The zero-order chi connectivity index (χ0) is 15.8. The summed E-state index contributed by atoms with van der Waals surface area (Å²) in [4.78, 5) is 14.2. The number of morpholine rings is 1. The molecule has 1 amide bonds. The van der Waals surface area contributed by atoms with Crippen LogP contribution in [-0.4, -0.2) is 61.9 Å². The van der Waals surface area contributed by atoms with Crippen molar-refractivity contribution in [3.63, 3.8) is 0 Å². The molecular formula is C16H32N2O3. The number of ether oxygens (including phenoxy) is 2. The number of hydrogen-bond acceptors (Lipinski definition) is 4. The summed E-state index contributed by atoms with van der Waals surface area (Å²) >= 11 is 0. The van der Waals surface area contributed by atoms with Gasteiger partial charge < -0.3 is 14.8 Å². The van der Waals surface area contributed by atoms with Crippen LogP contribution in [0.4, 0.5) is 0 Å². The fraction of sp³-hybridized carbons (Fsp3) is 0.938. The molecule has 21 heavy (non-hydrogen) atoms. The number of hydrogen-bond donors (Lipinski definition) is 1. The molecule has 1 fully saturated rings. The second-order valence-electron chi connectivity index (χ2n) is 6.50. The number of carbonyl (C=O) groups is 1. The lowest BCUT2D eigenvalue weighted by molar-refractivity contribution is -0.132. The Hall–Kier alpha value is -0.650. The van der Waals surface area contributed by atoms with Gasteiger partial charge in [0.2, 0.25) is 5.91 Å². The van der Waals surface area contributed by atoms with Crippen molar-refractivity contribution in [1.29, 1.82) is 0 Å². The summed E-state index contributed by atoms with van der Waals surface area (Å²) in [5.74, 6) is 0.582. The van der Waals surface area contributed by atoms with E-state index in [0.717, 1.165) is 26.1 Å². The standard InChI is InChI=1S/C16H32N2O3/c1-12(2)6-9-20-15(5)16(19)17-7-8-18-10-13(3)21-14(4)11-18/h12-15H,6-11H2,1-5H3,(H,17,19)/t13-,14-,15-/m1/s1. The first-order valence-corrected chi connectivity index (χ1v) is 8.15. The van der Waals surface area contributed by atoms with Crippen LogP contribution in [0, 0.1) is 5.92 Å². The van der Waals surface area contributed by atoms with E-state index in [9.17, 15) is 4.79 Å².